The van der Waals surface area contributed by atoms with E-state index in [0.29, 0.717) is 0 Å². The van der Waals surface area contributed by atoms with Crippen LogP contribution in [0.5, 0.6) is 0 Å². The molecule has 0 radical (unpaired) electrons. The van der Waals surface area contributed by atoms with Crippen molar-refractivity contribution < 1.29 is 5.11 Å². The molecule has 15 heavy (non-hydrogen) atoms. The molecule has 84 valence electrons. The Morgan fingerprint density at radius 1 is 0.867 bits per heavy atom. The van der Waals surface area contributed by atoms with E-state index in [1.165, 1.54) is 27.8 Å². The predicted octanol–water partition coefficient (Wildman–Crippen LogP) is 2.22. The molecule has 0 bridgehead atoms. The number of benzene rings is 1. The first-order chi connectivity index (χ1) is 6.91. The summed E-state index contributed by atoms with van der Waals surface area (Å²) in [6.07, 6.45) is -0.539. The van der Waals surface area contributed by atoms with Gasteiger partial charge >= 0.3 is 0 Å². The summed E-state index contributed by atoms with van der Waals surface area (Å²) in [5.41, 5.74) is 12.7. The highest BCUT2D eigenvalue weighted by Gasteiger charge is 2.17. The maximum Gasteiger partial charge on any atom is 0.0917 e. The van der Waals surface area contributed by atoms with Crippen molar-refractivity contribution >= 4 is 0 Å². The molecular weight excluding hydrogens is 186 g/mol. The molecule has 0 spiro atoms. The average molecular weight is 207 g/mol. The van der Waals surface area contributed by atoms with Crippen LogP contribution in [0.1, 0.15) is 39.5 Å². The van der Waals surface area contributed by atoms with Gasteiger partial charge < -0.3 is 10.8 Å². The van der Waals surface area contributed by atoms with Crippen molar-refractivity contribution in [3.8, 4) is 0 Å². The summed E-state index contributed by atoms with van der Waals surface area (Å²) in [6.45, 7) is 10.7. The number of hydrogen-bond donors (Lipinski definition) is 2. The van der Waals surface area contributed by atoms with Gasteiger partial charge in [0, 0.05) is 6.54 Å². The van der Waals surface area contributed by atoms with Crippen LogP contribution in [-0.2, 0) is 0 Å². The lowest BCUT2D eigenvalue weighted by Gasteiger charge is -2.21. The second kappa shape index (κ2) is 4.33. The van der Waals surface area contributed by atoms with E-state index < -0.39 is 6.10 Å². The minimum absolute atomic E-state index is 0.281. The van der Waals surface area contributed by atoms with Gasteiger partial charge in [-0.3, -0.25) is 0 Å². The van der Waals surface area contributed by atoms with Gasteiger partial charge in [0.15, 0.2) is 0 Å². The van der Waals surface area contributed by atoms with Crippen molar-refractivity contribution in [2.45, 2.75) is 40.7 Å². The van der Waals surface area contributed by atoms with Crippen LogP contribution in [0.4, 0.5) is 0 Å². The molecular formula is C13H21NO. The van der Waals surface area contributed by atoms with Crippen molar-refractivity contribution in [1.29, 1.82) is 0 Å². The molecule has 3 N–H and O–H groups in total. The summed E-state index contributed by atoms with van der Waals surface area (Å²) < 4.78 is 0. The lowest BCUT2D eigenvalue weighted by atomic mass is 9.87. The molecule has 1 aromatic rings. The Kier molecular flexibility index (Phi) is 3.53. The molecule has 0 aromatic heterocycles. The van der Waals surface area contributed by atoms with Gasteiger partial charge in [-0.25, -0.2) is 0 Å². The fourth-order valence-corrected chi connectivity index (χ4v) is 2.15. The largest absolute Gasteiger partial charge is 0.387 e. The van der Waals surface area contributed by atoms with E-state index in [-0.39, 0.29) is 6.54 Å². The van der Waals surface area contributed by atoms with E-state index in [2.05, 4.69) is 34.6 Å². The van der Waals surface area contributed by atoms with Gasteiger partial charge in [-0.15, -0.1) is 0 Å². The van der Waals surface area contributed by atoms with Crippen LogP contribution in [0.3, 0.4) is 0 Å². The van der Waals surface area contributed by atoms with Crippen LogP contribution in [0.2, 0.25) is 0 Å². The quantitative estimate of drug-likeness (QED) is 0.781. The Labute approximate surface area is 92.1 Å². The van der Waals surface area contributed by atoms with Crippen LogP contribution in [0.25, 0.3) is 0 Å². The van der Waals surface area contributed by atoms with Crippen LogP contribution in [0, 0.1) is 34.6 Å². The first kappa shape index (κ1) is 12.2. The fraction of sp³-hybridized carbons (Fsp3) is 0.538. The van der Waals surface area contributed by atoms with Crippen LogP contribution < -0.4 is 5.73 Å². The SMILES string of the molecule is Cc1c(C)c(C)c(C(O)CN)c(C)c1C. The molecule has 1 unspecified atom stereocenters. The number of aliphatic hydroxyl groups is 1. The zero-order valence-electron chi connectivity index (χ0n) is 10.3. The van der Waals surface area contributed by atoms with Crippen molar-refractivity contribution in [1.82, 2.24) is 0 Å². The zero-order valence-corrected chi connectivity index (χ0v) is 10.3. The molecule has 0 aliphatic heterocycles. The molecule has 0 heterocycles. The van der Waals surface area contributed by atoms with E-state index in [9.17, 15) is 5.11 Å². The Balaban J connectivity index is 3.52. The molecule has 2 nitrogen and oxygen atoms in total. The summed E-state index contributed by atoms with van der Waals surface area (Å²) in [6, 6.07) is 0. The van der Waals surface area contributed by atoms with Gasteiger partial charge in [0.05, 0.1) is 6.10 Å². The smallest absolute Gasteiger partial charge is 0.0917 e. The number of nitrogens with two attached hydrogens (primary N) is 1. The lowest BCUT2D eigenvalue weighted by molar-refractivity contribution is 0.185. The molecule has 0 saturated carbocycles. The Morgan fingerprint density at radius 2 is 1.20 bits per heavy atom. The van der Waals surface area contributed by atoms with E-state index in [0.717, 1.165) is 5.56 Å². The fourth-order valence-electron chi connectivity index (χ4n) is 2.15. The Morgan fingerprint density at radius 3 is 1.53 bits per heavy atom. The van der Waals surface area contributed by atoms with Gasteiger partial charge in [0.2, 0.25) is 0 Å². The van der Waals surface area contributed by atoms with Gasteiger partial charge in [-0.2, -0.15) is 0 Å². The molecule has 1 aromatic carbocycles. The first-order valence-electron chi connectivity index (χ1n) is 5.36. The van der Waals surface area contributed by atoms with Gasteiger partial charge in [0.25, 0.3) is 0 Å². The molecule has 2 heteroatoms. The first-order valence-corrected chi connectivity index (χ1v) is 5.36. The third-order valence-corrected chi connectivity index (χ3v) is 3.61. The van der Waals surface area contributed by atoms with Gasteiger partial charge in [-0.1, -0.05) is 0 Å². The van der Waals surface area contributed by atoms with Gasteiger partial charge in [0.1, 0.15) is 0 Å². The summed E-state index contributed by atoms with van der Waals surface area (Å²) >= 11 is 0. The molecule has 0 amide bonds. The van der Waals surface area contributed by atoms with E-state index in [1.807, 2.05) is 0 Å². The molecule has 0 aliphatic rings. The number of hydrogen-bond acceptors (Lipinski definition) is 2. The highest BCUT2D eigenvalue weighted by Crippen LogP contribution is 2.29. The van der Waals surface area contributed by atoms with E-state index >= 15 is 0 Å². The minimum atomic E-state index is -0.539. The lowest BCUT2D eigenvalue weighted by Crippen LogP contribution is -2.16. The minimum Gasteiger partial charge on any atom is -0.387 e. The highest BCUT2D eigenvalue weighted by molar-refractivity contribution is 5.50. The van der Waals surface area contributed by atoms with Crippen LogP contribution in [-0.4, -0.2) is 11.7 Å². The topological polar surface area (TPSA) is 46.2 Å². The van der Waals surface area contributed by atoms with Crippen LogP contribution in [0.15, 0.2) is 0 Å². The molecule has 0 aliphatic carbocycles. The normalized spacial score (nSPS) is 13.0. The van der Waals surface area contributed by atoms with Crippen molar-refractivity contribution in [3.05, 3.63) is 33.4 Å². The second-order valence-electron chi connectivity index (χ2n) is 4.29. The van der Waals surface area contributed by atoms with Crippen LogP contribution >= 0.6 is 0 Å². The van der Waals surface area contributed by atoms with E-state index in [4.69, 9.17) is 5.73 Å². The summed E-state index contributed by atoms with van der Waals surface area (Å²) in [4.78, 5) is 0. The highest BCUT2D eigenvalue weighted by atomic mass is 16.3. The Hall–Kier alpha value is -0.860. The van der Waals surface area contributed by atoms with Crippen molar-refractivity contribution in [3.63, 3.8) is 0 Å². The van der Waals surface area contributed by atoms with Gasteiger partial charge in [-0.05, 0) is 68.0 Å². The molecule has 0 saturated heterocycles. The molecule has 0 fully saturated rings. The third-order valence-electron chi connectivity index (χ3n) is 3.61. The van der Waals surface area contributed by atoms with E-state index in [1.54, 1.807) is 0 Å². The third kappa shape index (κ3) is 1.92. The van der Waals surface area contributed by atoms with Crippen molar-refractivity contribution in [2.75, 3.05) is 6.54 Å². The average Bonchev–Trinajstić information content (AvgIpc) is 2.23. The Bertz CT molecular complexity index is 354. The maximum absolute atomic E-state index is 9.91. The maximum atomic E-state index is 9.91. The standard InChI is InChI=1S/C13H21NO/c1-7-8(2)10(4)13(12(15)6-14)11(5)9(7)3/h12,15H,6,14H2,1-5H3. The second-order valence-corrected chi connectivity index (χ2v) is 4.29. The zero-order chi connectivity index (χ0) is 11.7. The summed E-state index contributed by atoms with van der Waals surface area (Å²) in [5, 5.41) is 9.91. The summed E-state index contributed by atoms with van der Waals surface area (Å²) in [5.74, 6) is 0. The predicted molar refractivity (Wildman–Crippen MR) is 64.1 cm³/mol. The van der Waals surface area contributed by atoms with Crippen molar-refractivity contribution in [2.24, 2.45) is 5.73 Å². The number of rotatable bonds is 2. The summed E-state index contributed by atoms with van der Waals surface area (Å²) in [7, 11) is 0. The monoisotopic (exact) mass is 207 g/mol. The number of aliphatic hydroxyl groups excluding tert-OH is 1. The molecule has 1 rings (SSSR count). The molecule has 1 atom stereocenters.